The molecule has 0 atom stereocenters. The van der Waals surface area contributed by atoms with E-state index in [-0.39, 0.29) is 0 Å². The third kappa shape index (κ3) is 2.60. The molecular formula is C13H18N2. The highest BCUT2D eigenvalue weighted by Crippen LogP contribution is 2.21. The number of hydrogen-bond acceptors (Lipinski definition) is 2. The molecule has 1 aliphatic heterocycles. The average molecular weight is 202 g/mol. The van der Waals surface area contributed by atoms with Crippen molar-refractivity contribution in [3.63, 3.8) is 0 Å². The predicted molar refractivity (Wildman–Crippen MR) is 66.0 cm³/mol. The first-order valence-corrected chi connectivity index (χ1v) is 5.62. The van der Waals surface area contributed by atoms with Crippen LogP contribution in [0, 0.1) is 0 Å². The summed E-state index contributed by atoms with van der Waals surface area (Å²) in [5.74, 6) is 0. The van der Waals surface area contributed by atoms with Crippen LogP contribution in [0.25, 0.3) is 6.08 Å². The first-order valence-electron chi connectivity index (χ1n) is 5.62. The van der Waals surface area contributed by atoms with Gasteiger partial charge in [-0.3, -0.25) is 0 Å². The molecule has 0 amide bonds. The molecule has 1 aromatic rings. The molecule has 1 fully saturated rings. The lowest BCUT2D eigenvalue weighted by molar-refractivity contribution is 0.949. The minimum Gasteiger partial charge on any atom is -0.372 e. The molecule has 0 unspecified atom stereocenters. The zero-order chi connectivity index (χ0) is 10.5. The van der Waals surface area contributed by atoms with Crippen LogP contribution in [0.4, 0.5) is 5.69 Å². The van der Waals surface area contributed by atoms with Crippen LogP contribution in [-0.2, 0) is 0 Å². The van der Waals surface area contributed by atoms with Crippen LogP contribution in [0.3, 0.4) is 0 Å². The second-order valence-corrected chi connectivity index (χ2v) is 3.93. The monoisotopic (exact) mass is 202 g/mol. The zero-order valence-electron chi connectivity index (χ0n) is 9.02. The second kappa shape index (κ2) is 4.99. The Hall–Kier alpha value is -1.28. The molecule has 0 bridgehead atoms. The molecule has 0 aliphatic carbocycles. The highest BCUT2D eigenvalue weighted by atomic mass is 15.1. The summed E-state index contributed by atoms with van der Waals surface area (Å²) in [4.78, 5) is 2.44. The average Bonchev–Trinajstić information content (AvgIpc) is 2.80. The minimum atomic E-state index is 0.605. The van der Waals surface area contributed by atoms with Crippen LogP contribution in [0.1, 0.15) is 18.4 Å². The number of nitrogens with two attached hydrogens (primary N) is 1. The van der Waals surface area contributed by atoms with Crippen molar-refractivity contribution in [3.8, 4) is 0 Å². The molecule has 2 N–H and O–H groups in total. The van der Waals surface area contributed by atoms with E-state index in [1.807, 2.05) is 6.08 Å². The van der Waals surface area contributed by atoms with Crippen molar-refractivity contribution in [1.82, 2.24) is 0 Å². The van der Waals surface area contributed by atoms with Gasteiger partial charge in [-0.05, 0) is 30.5 Å². The van der Waals surface area contributed by atoms with E-state index in [2.05, 4.69) is 35.2 Å². The second-order valence-electron chi connectivity index (χ2n) is 3.93. The fourth-order valence-electron chi connectivity index (χ4n) is 2.00. The van der Waals surface area contributed by atoms with Crippen LogP contribution in [0.5, 0.6) is 0 Å². The van der Waals surface area contributed by atoms with E-state index in [1.54, 1.807) is 0 Å². The standard InChI is InChI=1S/C13H18N2/c14-8-4-6-12-5-3-7-13(11-12)15-9-1-2-10-15/h3-7,11H,1-2,8-10,14H2/b6-4+. The molecule has 15 heavy (non-hydrogen) atoms. The first-order chi connectivity index (χ1) is 7.40. The van der Waals surface area contributed by atoms with Gasteiger partial charge in [0.2, 0.25) is 0 Å². The molecule has 1 saturated heterocycles. The summed E-state index contributed by atoms with van der Waals surface area (Å²) in [7, 11) is 0. The number of benzene rings is 1. The molecule has 0 spiro atoms. The summed E-state index contributed by atoms with van der Waals surface area (Å²) in [6.45, 7) is 3.00. The largest absolute Gasteiger partial charge is 0.372 e. The number of anilines is 1. The Labute approximate surface area is 91.4 Å². The van der Waals surface area contributed by atoms with Crippen molar-refractivity contribution < 1.29 is 0 Å². The maximum Gasteiger partial charge on any atom is 0.0372 e. The summed E-state index contributed by atoms with van der Waals surface area (Å²) in [5, 5.41) is 0. The summed E-state index contributed by atoms with van der Waals surface area (Å²) in [6.07, 6.45) is 6.72. The van der Waals surface area contributed by atoms with Crippen LogP contribution in [-0.4, -0.2) is 19.6 Å². The minimum absolute atomic E-state index is 0.605. The van der Waals surface area contributed by atoms with Crippen LogP contribution in [0.15, 0.2) is 30.3 Å². The van der Waals surface area contributed by atoms with Crippen molar-refractivity contribution in [2.75, 3.05) is 24.5 Å². The van der Waals surface area contributed by atoms with Gasteiger partial charge in [-0.25, -0.2) is 0 Å². The Kier molecular flexibility index (Phi) is 3.41. The Morgan fingerprint density at radius 3 is 2.80 bits per heavy atom. The van der Waals surface area contributed by atoms with Crippen LogP contribution < -0.4 is 10.6 Å². The van der Waals surface area contributed by atoms with Gasteiger partial charge in [-0.1, -0.05) is 24.3 Å². The molecule has 1 aromatic carbocycles. The molecule has 80 valence electrons. The summed E-state index contributed by atoms with van der Waals surface area (Å²) in [5.41, 5.74) is 8.02. The molecular weight excluding hydrogens is 184 g/mol. The molecule has 1 aliphatic rings. The van der Waals surface area contributed by atoms with Gasteiger partial charge in [0.15, 0.2) is 0 Å². The van der Waals surface area contributed by atoms with Gasteiger partial charge in [0.1, 0.15) is 0 Å². The van der Waals surface area contributed by atoms with E-state index >= 15 is 0 Å². The van der Waals surface area contributed by atoms with Gasteiger partial charge < -0.3 is 10.6 Å². The van der Waals surface area contributed by atoms with Crippen LogP contribution >= 0.6 is 0 Å². The van der Waals surface area contributed by atoms with E-state index in [0.29, 0.717) is 6.54 Å². The molecule has 2 rings (SSSR count). The molecule has 2 heteroatoms. The third-order valence-corrected chi connectivity index (χ3v) is 2.79. The Morgan fingerprint density at radius 2 is 2.07 bits per heavy atom. The topological polar surface area (TPSA) is 29.3 Å². The summed E-state index contributed by atoms with van der Waals surface area (Å²) < 4.78 is 0. The first kappa shape index (κ1) is 10.2. The van der Waals surface area contributed by atoms with Gasteiger partial charge in [-0.15, -0.1) is 0 Å². The van der Waals surface area contributed by atoms with E-state index in [0.717, 1.165) is 0 Å². The van der Waals surface area contributed by atoms with Crippen LogP contribution in [0.2, 0.25) is 0 Å². The fourth-order valence-corrected chi connectivity index (χ4v) is 2.00. The van der Waals surface area contributed by atoms with E-state index in [9.17, 15) is 0 Å². The van der Waals surface area contributed by atoms with Crippen molar-refractivity contribution in [2.24, 2.45) is 5.73 Å². The lowest BCUT2D eigenvalue weighted by Gasteiger charge is -2.17. The summed E-state index contributed by atoms with van der Waals surface area (Å²) in [6, 6.07) is 8.65. The lowest BCUT2D eigenvalue weighted by atomic mass is 10.2. The summed E-state index contributed by atoms with van der Waals surface area (Å²) >= 11 is 0. The van der Waals surface area contributed by atoms with E-state index in [1.165, 1.54) is 37.2 Å². The SMILES string of the molecule is NC/C=C/c1cccc(N2CCCC2)c1. The van der Waals surface area contributed by atoms with Crippen molar-refractivity contribution in [2.45, 2.75) is 12.8 Å². The number of hydrogen-bond donors (Lipinski definition) is 1. The normalized spacial score (nSPS) is 16.5. The maximum absolute atomic E-state index is 5.44. The third-order valence-electron chi connectivity index (χ3n) is 2.79. The highest BCUT2D eigenvalue weighted by Gasteiger charge is 2.11. The van der Waals surface area contributed by atoms with Gasteiger partial charge in [0.25, 0.3) is 0 Å². The Balaban J connectivity index is 2.14. The van der Waals surface area contributed by atoms with Gasteiger partial charge in [0.05, 0.1) is 0 Å². The molecule has 2 nitrogen and oxygen atoms in total. The highest BCUT2D eigenvalue weighted by molar-refractivity contribution is 5.58. The Bertz CT molecular complexity index is 338. The van der Waals surface area contributed by atoms with Gasteiger partial charge >= 0.3 is 0 Å². The zero-order valence-corrected chi connectivity index (χ0v) is 9.02. The van der Waals surface area contributed by atoms with Crippen molar-refractivity contribution in [1.29, 1.82) is 0 Å². The Morgan fingerprint density at radius 1 is 1.27 bits per heavy atom. The van der Waals surface area contributed by atoms with Gasteiger partial charge in [0, 0.05) is 25.3 Å². The smallest absolute Gasteiger partial charge is 0.0372 e. The number of rotatable bonds is 3. The lowest BCUT2D eigenvalue weighted by Crippen LogP contribution is -2.17. The maximum atomic E-state index is 5.44. The van der Waals surface area contributed by atoms with Crippen molar-refractivity contribution >= 4 is 11.8 Å². The molecule has 0 radical (unpaired) electrons. The van der Waals surface area contributed by atoms with Gasteiger partial charge in [-0.2, -0.15) is 0 Å². The molecule has 0 aromatic heterocycles. The quantitative estimate of drug-likeness (QED) is 0.814. The fraction of sp³-hybridized carbons (Fsp3) is 0.385. The van der Waals surface area contributed by atoms with E-state index in [4.69, 9.17) is 5.73 Å². The predicted octanol–water partition coefficient (Wildman–Crippen LogP) is 2.26. The molecule has 1 heterocycles. The number of nitrogens with zero attached hydrogens (tertiary/aromatic N) is 1. The molecule has 0 saturated carbocycles. The van der Waals surface area contributed by atoms with Crippen molar-refractivity contribution in [3.05, 3.63) is 35.9 Å². The van der Waals surface area contributed by atoms with E-state index < -0.39 is 0 Å².